The topological polar surface area (TPSA) is 71.1 Å². The number of para-hydroxylation sites is 1. The highest BCUT2D eigenvalue weighted by Gasteiger charge is 2.32. The lowest BCUT2D eigenvalue weighted by Gasteiger charge is -2.29. The number of anilines is 2. The molecule has 0 radical (unpaired) electrons. The number of hydrogen-bond donors (Lipinski definition) is 3. The number of alkyl halides is 3. The lowest BCUT2D eigenvalue weighted by molar-refractivity contribution is -0.274. The molecule has 2 aromatic carbocycles. The number of fused-ring (bicyclic) bond motifs is 1. The van der Waals surface area contributed by atoms with Crippen LogP contribution in [0.4, 0.5) is 24.9 Å². The fraction of sp³-hybridized carbons (Fsp3) is 0.462. The van der Waals surface area contributed by atoms with Gasteiger partial charge in [0.2, 0.25) is 5.95 Å². The van der Waals surface area contributed by atoms with Crippen LogP contribution in [0.1, 0.15) is 37.7 Å². The van der Waals surface area contributed by atoms with E-state index in [-0.39, 0.29) is 5.75 Å². The first kappa shape index (κ1) is 26.5. The molecule has 0 amide bonds. The Morgan fingerprint density at radius 3 is 2.58 bits per heavy atom. The Bertz CT molecular complexity index is 1150. The van der Waals surface area contributed by atoms with Gasteiger partial charge in [-0.3, -0.25) is 0 Å². The Morgan fingerprint density at radius 2 is 1.83 bits per heavy atom. The predicted molar refractivity (Wildman–Crippen MR) is 140 cm³/mol. The van der Waals surface area contributed by atoms with Gasteiger partial charge in [0.15, 0.2) is 0 Å². The van der Waals surface area contributed by atoms with E-state index >= 15 is 0 Å². The zero-order valence-corrected chi connectivity index (χ0v) is 21.8. The predicted octanol–water partition coefficient (Wildman–Crippen LogP) is 6.53. The number of halogens is 4. The second-order valence-electron chi connectivity index (χ2n) is 9.13. The first-order valence-electron chi connectivity index (χ1n) is 12.3. The van der Waals surface area contributed by atoms with Crippen molar-refractivity contribution in [3.05, 3.63) is 52.5 Å². The minimum atomic E-state index is -4.70. The van der Waals surface area contributed by atoms with Gasteiger partial charge >= 0.3 is 6.36 Å². The van der Waals surface area contributed by atoms with E-state index in [2.05, 4.69) is 46.6 Å². The molecule has 4 rings (SSSR count). The van der Waals surface area contributed by atoms with Gasteiger partial charge in [0, 0.05) is 22.9 Å². The van der Waals surface area contributed by atoms with Crippen LogP contribution in [0.3, 0.4) is 0 Å². The van der Waals surface area contributed by atoms with Crippen LogP contribution >= 0.6 is 15.9 Å². The Kier molecular flexibility index (Phi) is 8.90. The van der Waals surface area contributed by atoms with Crippen LogP contribution in [0.15, 0.2) is 46.9 Å². The number of hydrogen-bond acceptors (Lipinski definition) is 6. The third kappa shape index (κ3) is 7.46. The third-order valence-electron chi connectivity index (χ3n) is 6.51. The summed E-state index contributed by atoms with van der Waals surface area (Å²) in [5.41, 5.74) is 1.47. The standard InChI is InChI=1S/C26H31BrF3N5O/c1-31-24-21-6-2-3-7-22(21)34-25(35-24)33-20-12-8-17(9-13-20)16-32-14-4-5-18-10-11-19(27)15-23(18)36-26(28,29)30/h2-3,6-7,10-11,15,17,20,32H,4-5,8-9,12-14,16H2,1H3,(H2,31,33,34,35)/t17-,20+. The summed E-state index contributed by atoms with van der Waals surface area (Å²) in [7, 11) is 1.87. The van der Waals surface area contributed by atoms with E-state index in [1.807, 2.05) is 31.3 Å². The SMILES string of the molecule is CNc1nc(N[C@H]2CC[C@@H](CNCCCc3ccc(Br)cc3OC(F)(F)F)CC2)nc2ccccc12. The molecule has 10 heteroatoms. The molecule has 1 aliphatic carbocycles. The van der Waals surface area contributed by atoms with Crippen LogP contribution in [0.25, 0.3) is 10.9 Å². The van der Waals surface area contributed by atoms with Gasteiger partial charge in [-0.25, -0.2) is 4.98 Å². The molecule has 0 saturated heterocycles. The molecule has 0 unspecified atom stereocenters. The van der Waals surface area contributed by atoms with Crippen LogP contribution in [-0.2, 0) is 6.42 Å². The molecule has 194 valence electrons. The molecular weight excluding hydrogens is 535 g/mol. The molecule has 1 fully saturated rings. The van der Waals surface area contributed by atoms with Crippen molar-refractivity contribution in [1.29, 1.82) is 0 Å². The number of aromatic nitrogens is 2. The quantitative estimate of drug-likeness (QED) is 0.243. The summed E-state index contributed by atoms with van der Waals surface area (Å²) in [6.45, 7) is 1.66. The zero-order valence-electron chi connectivity index (χ0n) is 20.2. The van der Waals surface area contributed by atoms with Crippen molar-refractivity contribution in [3.8, 4) is 5.75 Å². The van der Waals surface area contributed by atoms with Gasteiger partial charge in [-0.2, -0.15) is 4.98 Å². The summed E-state index contributed by atoms with van der Waals surface area (Å²) >= 11 is 3.21. The van der Waals surface area contributed by atoms with Gasteiger partial charge in [0.25, 0.3) is 0 Å². The van der Waals surface area contributed by atoms with Gasteiger partial charge < -0.3 is 20.7 Å². The summed E-state index contributed by atoms with van der Waals surface area (Å²) < 4.78 is 42.8. The van der Waals surface area contributed by atoms with Gasteiger partial charge in [-0.1, -0.05) is 34.1 Å². The first-order chi connectivity index (χ1) is 17.3. The summed E-state index contributed by atoms with van der Waals surface area (Å²) in [6, 6.07) is 13.1. The highest BCUT2D eigenvalue weighted by atomic mass is 79.9. The van der Waals surface area contributed by atoms with Crippen molar-refractivity contribution in [3.63, 3.8) is 0 Å². The van der Waals surface area contributed by atoms with E-state index in [4.69, 9.17) is 0 Å². The Labute approximate surface area is 217 Å². The van der Waals surface area contributed by atoms with Gasteiger partial charge in [0.1, 0.15) is 11.6 Å². The molecule has 1 aromatic heterocycles. The van der Waals surface area contributed by atoms with Gasteiger partial charge in [-0.05, 0) is 87.4 Å². The van der Waals surface area contributed by atoms with Gasteiger partial charge in [0.05, 0.1) is 5.52 Å². The molecule has 1 saturated carbocycles. The fourth-order valence-electron chi connectivity index (χ4n) is 4.69. The van der Waals surface area contributed by atoms with Crippen LogP contribution < -0.4 is 20.7 Å². The number of rotatable bonds is 10. The van der Waals surface area contributed by atoms with E-state index in [9.17, 15) is 13.2 Å². The number of nitrogens with zero attached hydrogens (tertiary/aromatic N) is 2. The van der Waals surface area contributed by atoms with Crippen LogP contribution in [0.2, 0.25) is 0 Å². The van der Waals surface area contributed by atoms with Crippen molar-refractivity contribution in [2.45, 2.75) is 50.9 Å². The minimum absolute atomic E-state index is 0.139. The third-order valence-corrected chi connectivity index (χ3v) is 7.00. The smallest absolute Gasteiger partial charge is 0.405 e. The van der Waals surface area contributed by atoms with Crippen LogP contribution in [-0.4, -0.2) is 42.5 Å². The number of aryl methyl sites for hydroxylation is 1. The summed E-state index contributed by atoms with van der Waals surface area (Å²) in [4.78, 5) is 9.31. The average Bonchev–Trinajstić information content (AvgIpc) is 2.84. The first-order valence-corrected chi connectivity index (χ1v) is 13.1. The van der Waals surface area contributed by atoms with Crippen LogP contribution in [0, 0.1) is 5.92 Å². The maximum absolute atomic E-state index is 12.7. The van der Waals surface area contributed by atoms with E-state index < -0.39 is 6.36 Å². The Balaban J connectivity index is 1.18. The second kappa shape index (κ2) is 12.1. The van der Waals surface area contributed by atoms with Crippen LogP contribution in [0.5, 0.6) is 5.75 Å². The van der Waals surface area contributed by atoms with E-state index in [0.29, 0.717) is 34.4 Å². The Morgan fingerprint density at radius 1 is 1.06 bits per heavy atom. The summed E-state index contributed by atoms with van der Waals surface area (Å²) in [5, 5.41) is 11.1. The molecular formula is C26H31BrF3N5O. The molecule has 0 spiro atoms. The van der Waals surface area contributed by atoms with Crippen molar-refractivity contribution in [2.24, 2.45) is 5.92 Å². The van der Waals surface area contributed by atoms with E-state index in [0.717, 1.165) is 61.9 Å². The maximum Gasteiger partial charge on any atom is 0.573 e. The highest BCUT2D eigenvalue weighted by Crippen LogP contribution is 2.30. The highest BCUT2D eigenvalue weighted by molar-refractivity contribution is 9.10. The Hall–Kier alpha value is -2.59. The van der Waals surface area contributed by atoms with Crippen molar-refractivity contribution in [1.82, 2.24) is 15.3 Å². The van der Waals surface area contributed by atoms with E-state index in [1.54, 1.807) is 12.1 Å². The molecule has 0 aliphatic heterocycles. The largest absolute Gasteiger partial charge is 0.573 e. The average molecular weight is 566 g/mol. The van der Waals surface area contributed by atoms with Crippen molar-refractivity contribution in [2.75, 3.05) is 30.8 Å². The van der Waals surface area contributed by atoms with Crippen molar-refractivity contribution < 1.29 is 17.9 Å². The molecule has 1 aliphatic rings. The minimum Gasteiger partial charge on any atom is -0.405 e. The van der Waals surface area contributed by atoms with Gasteiger partial charge in [-0.15, -0.1) is 13.2 Å². The fourth-order valence-corrected chi connectivity index (χ4v) is 5.03. The molecule has 0 bridgehead atoms. The molecule has 0 atom stereocenters. The molecule has 36 heavy (non-hydrogen) atoms. The van der Waals surface area contributed by atoms with E-state index in [1.165, 1.54) is 6.07 Å². The monoisotopic (exact) mass is 565 g/mol. The molecule has 3 N–H and O–H groups in total. The second-order valence-corrected chi connectivity index (χ2v) is 10.0. The zero-order chi connectivity index (χ0) is 25.5. The maximum atomic E-state index is 12.7. The lowest BCUT2D eigenvalue weighted by Crippen LogP contribution is -2.32. The normalized spacial score (nSPS) is 18.2. The number of benzene rings is 2. The summed E-state index contributed by atoms with van der Waals surface area (Å²) in [6.07, 6.45) is 0.864. The lowest BCUT2D eigenvalue weighted by atomic mass is 9.86. The number of nitrogens with one attached hydrogen (secondary N) is 3. The summed E-state index contributed by atoms with van der Waals surface area (Å²) in [5.74, 6) is 1.92. The molecule has 6 nitrogen and oxygen atoms in total. The molecule has 1 heterocycles. The van der Waals surface area contributed by atoms with Crippen molar-refractivity contribution >= 4 is 38.6 Å². The molecule has 3 aromatic rings. The number of ether oxygens (including phenoxy) is 1.